The molecule has 1 N–H and O–H groups in total. The van der Waals surface area contributed by atoms with Crippen LogP contribution in [0.15, 0.2) is 64.0 Å². The van der Waals surface area contributed by atoms with Crippen LogP contribution < -0.4 is 5.32 Å². The predicted octanol–water partition coefficient (Wildman–Crippen LogP) is 4.07. The molecule has 8 nitrogen and oxygen atoms in total. The lowest BCUT2D eigenvalue weighted by Crippen LogP contribution is -2.17. The molecule has 0 saturated heterocycles. The van der Waals surface area contributed by atoms with E-state index in [-0.39, 0.29) is 16.2 Å². The van der Waals surface area contributed by atoms with Crippen LogP contribution in [0.2, 0.25) is 5.02 Å². The number of amides is 1. The minimum atomic E-state index is -3.73. The molecule has 0 spiro atoms. The van der Waals surface area contributed by atoms with Gasteiger partial charge in [-0.2, -0.15) is 5.26 Å². The van der Waals surface area contributed by atoms with E-state index in [4.69, 9.17) is 21.3 Å². The van der Waals surface area contributed by atoms with Crippen molar-refractivity contribution in [3.63, 3.8) is 0 Å². The average molecular weight is 453 g/mol. The Morgan fingerprint density at radius 1 is 1.19 bits per heavy atom. The van der Waals surface area contributed by atoms with Gasteiger partial charge in [0.15, 0.2) is 15.4 Å². The molecule has 0 bridgehead atoms. The van der Waals surface area contributed by atoms with Gasteiger partial charge in [0.2, 0.25) is 5.89 Å². The number of nitrogens with one attached hydrogen (secondary N) is 1. The lowest BCUT2D eigenvalue weighted by atomic mass is 10.2. The van der Waals surface area contributed by atoms with Gasteiger partial charge in [-0.05, 0) is 42.5 Å². The number of nitriles is 1. The minimum absolute atomic E-state index is 0.0735. The number of nitrogens with zero attached hydrogens (tertiary/aromatic N) is 3. The van der Waals surface area contributed by atoms with Gasteiger partial charge in [0.1, 0.15) is 17.3 Å². The van der Waals surface area contributed by atoms with Gasteiger partial charge in [0, 0.05) is 28.7 Å². The largest absolute Gasteiger partial charge is 0.436 e. The smallest absolute Gasteiger partial charge is 0.257 e. The third kappa shape index (κ3) is 4.26. The maximum atomic E-state index is 12.8. The van der Waals surface area contributed by atoms with Crippen LogP contribution in [-0.4, -0.2) is 30.5 Å². The number of benzene rings is 2. The summed E-state index contributed by atoms with van der Waals surface area (Å²) in [7, 11) is -3.73. The number of sulfone groups is 1. The van der Waals surface area contributed by atoms with Gasteiger partial charge in [0.25, 0.3) is 5.91 Å². The molecular formula is C21H13ClN4O4S. The Hall–Kier alpha value is -3.74. The van der Waals surface area contributed by atoms with Crippen LogP contribution in [0.4, 0.5) is 5.69 Å². The van der Waals surface area contributed by atoms with E-state index in [0.717, 1.165) is 18.5 Å². The summed E-state index contributed by atoms with van der Waals surface area (Å²) < 4.78 is 29.8. The van der Waals surface area contributed by atoms with Crippen molar-refractivity contribution in [3.8, 4) is 17.5 Å². The summed E-state index contributed by atoms with van der Waals surface area (Å²) in [6.07, 6.45) is 1.96. The van der Waals surface area contributed by atoms with E-state index in [1.807, 2.05) is 6.07 Å². The summed E-state index contributed by atoms with van der Waals surface area (Å²) in [5.41, 5.74) is 1.82. The molecule has 2 aromatic carbocycles. The van der Waals surface area contributed by atoms with Crippen LogP contribution in [-0.2, 0) is 9.84 Å². The van der Waals surface area contributed by atoms with Gasteiger partial charge in [-0.15, -0.1) is 0 Å². The Morgan fingerprint density at radius 3 is 2.71 bits per heavy atom. The summed E-state index contributed by atoms with van der Waals surface area (Å²) in [6, 6.07) is 14.8. The van der Waals surface area contributed by atoms with Crippen LogP contribution in [0, 0.1) is 11.3 Å². The van der Waals surface area contributed by atoms with E-state index in [0.29, 0.717) is 33.3 Å². The molecule has 31 heavy (non-hydrogen) atoms. The molecule has 0 atom stereocenters. The van der Waals surface area contributed by atoms with Gasteiger partial charge in [-0.1, -0.05) is 17.7 Å². The first-order valence-electron chi connectivity index (χ1n) is 8.83. The van der Waals surface area contributed by atoms with Crippen molar-refractivity contribution >= 4 is 44.1 Å². The van der Waals surface area contributed by atoms with E-state index in [1.54, 1.807) is 42.5 Å². The highest BCUT2D eigenvalue weighted by molar-refractivity contribution is 7.90. The molecule has 0 radical (unpaired) electrons. The molecule has 0 aliphatic carbocycles. The number of hydrogen-bond donors (Lipinski definition) is 1. The summed E-state index contributed by atoms with van der Waals surface area (Å²) >= 11 is 6.02. The SMILES string of the molecule is CS(=O)(=O)c1cnc(C#N)cc1C(=O)Nc1ccc2oc(-c3cccc(Cl)c3)nc2c1. The van der Waals surface area contributed by atoms with Crippen molar-refractivity contribution < 1.29 is 17.6 Å². The molecule has 4 rings (SSSR count). The summed E-state index contributed by atoms with van der Waals surface area (Å²) in [6.45, 7) is 0. The highest BCUT2D eigenvalue weighted by Gasteiger charge is 2.21. The summed E-state index contributed by atoms with van der Waals surface area (Å²) in [5, 5.41) is 12.2. The number of halogens is 1. The fourth-order valence-electron chi connectivity index (χ4n) is 2.93. The van der Waals surface area contributed by atoms with Crippen molar-refractivity contribution in [2.75, 3.05) is 11.6 Å². The fraction of sp³-hybridized carbons (Fsp3) is 0.0476. The van der Waals surface area contributed by atoms with Crippen LogP contribution in [0.5, 0.6) is 0 Å². The molecule has 0 aliphatic heterocycles. The van der Waals surface area contributed by atoms with E-state index in [2.05, 4.69) is 15.3 Å². The van der Waals surface area contributed by atoms with Gasteiger partial charge in [-0.25, -0.2) is 18.4 Å². The van der Waals surface area contributed by atoms with Crippen molar-refractivity contribution in [1.29, 1.82) is 5.26 Å². The molecule has 0 unspecified atom stereocenters. The number of carbonyl (C=O) groups is 1. The number of aromatic nitrogens is 2. The Morgan fingerprint density at radius 2 is 2.00 bits per heavy atom. The zero-order chi connectivity index (χ0) is 22.2. The second-order valence-electron chi connectivity index (χ2n) is 6.62. The van der Waals surface area contributed by atoms with Crippen molar-refractivity contribution in [3.05, 3.63) is 71.0 Å². The summed E-state index contributed by atoms with van der Waals surface area (Å²) in [5.74, 6) is -0.328. The molecule has 154 valence electrons. The maximum absolute atomic E-state index is 12.8. The molecule has 2 aromatic heterocycles. The second-order valence-corrected chi connectivity index (χ2v) is 9.04. The quantitative estimate of drug-likeness (QED) is 0.494. The lowest BCUT2D eigenvalue weighted by molar-refractivity contribution is 0.102. The van der Waals surface area contributed by atoms with Crippen molar-refractivity contribution in [2.45, 2.75) is 4.90 Å². The highest BCUT2D eigenvalue weighted by atomic mass is 35.5. The van der Waals surface area contributed by atoms with E-state index in [1.165, 1.54) is 0 Å². The topological polar surface area (TPSA) is 126 Å². The van der Waals surface area contributed by atoms with Crippen LogP contribution in [0.1, 0.15) is 16.1 Å². The predicted molar refractivity (Wildman–Crippen MR) is 114 cm³/mol. The van der Waals surface area contributed by atoms with Crippen molar-refractivity contribution in [2.24, 2.45) is 0 Å². The number of carbonyl (C=O) groups excluding carboxylic acids is 1. The highest BCUT2D eigenvalue weighted by Crippen LogP contribution is 2.28. The number of pyridine rings is 1. The van der Waals surface area contributed by atoms with Crippen molar-refractivity contribution in [1.82, 2.24) is 9.97 Å². The van der Waals surface area contributed by atoms with Gasteiger partial charge < -0.3 is 9.73 Å². The monoisotopic (exact) mass is 452 g/mol. The third-order valence-electron chi connectivity index (χ3n) is 4.34. The van der Waals surface area contributed by atoms with Crippen LogP contribution in [0.3, 0.4) is 0 Å². The average Bonchev–Trinajstić information content (AvgIpc) is 3.16. The van der Waals surface area contributed by atoms with E-state index in [9.17, 15) is 13.2 Å². The number of oxazole rings is 1. The molecular weight excluding hydrogens is 440 g/mol. The Labute approximate surface area is 182 Å². The molecule has 0 saturated carbocycles. The van der Waals surface area contributed by atoms with Gasteiger partial charge in [0.05, 0.1) is 10.5 Å². The number of hydrogen-bond acceptors (Lipinski definition) is 7. The zero-order valence-electron chi connectivity index (χ0n) is 16.0. The standard InChI is InChI=1S/C21H13ClN4O4S/c1-31(28,29)19-11-24-15(10-23)8-16(19)20(27)25-14-5-6-18-17(9-14)26-21(30-18)12-3-2-4-13(22)7-12/h2-9,11H,1H3,(H,25,27). The first kappa shape index (κ1) is 20.5. The number of rotatable bonds is 4. The molecule has 2 heterocycles. The Bertz CT molecular complexity index is 1490. The molecule has 0 aliphatic rings. The molecule has 4 aromatic rings. The maximum Gasteiger partial charge on any atom is 0.257 e. The molecule has 0 fully saturated rings. The van der Waals surface area contributed by atoms with Gasteiger partial charge in [-0.3, -0.25) is 4.79 Å². The first-order chi connectivity index (χ1) is 14.7. The molecule has 1 amide bonds. The fourth-order valence-corrected chi connectivity index (χ4v) is 3.91. The zero-order valence-corrected chi connectivity index (χ0v) is 17.5. The van der Waals surface area contributed by atoms with Crippen LogP contribution >= 0.6 is 11.6 Å². The number of fused-ring (bicyclic) bond motifs is 1. The normalized spacial score (nSPS) is 11.3. The Balaban J connectivity index is 1.68. The lowest BCUT2D eigenvalue weighted by Gasteiger charge is -2.09. The minimum Gasteiger partial charge on any atom is -0.436 e. The van der Waals surface area contributed by atoms with Gasteiger partial charge >= 0.3 is 0 Å². The summed E-state index contributed by atoms with van der Waals surface area (Å²) in [4.78, 5) is 20.7. The second kappa shape index (κ2) is 7.83. The third-order valence-corrected chi connectivity index (χ3v) is 5.70. The van der Waals surface area contributed by atoms with E-state index < -0.39 is 15.7 Å². The van der Waals surface area contributed by atoms with E-state index >= 15 is 0 Å². The molecule has 10 heteroatoms. The Kier molecular flexibility index (Phi) is 5.19. The van der Waals surface area contributed by atoms with Crippen LogP contribution in [0.25, 0.3) is 22.6 Å². The first-order valence-corrected chi connectivity index (χ1v) is 11.1. The number of anilines is 1.